The van der Waals surface area contributed by atoms with Crippen molar-refractivity contribution >= 4 is 6.08 Å². The van der Waals surface area contributed by atoms with Crippen LogP contribution in [0.4, 0.5) is 13.2 Å². The van der Waals surface area contributed by atoms with Crippen LogP contribution >= 0.6 is 0 Å². The van der Waals surface area contributed by atoms with Crippen molar-refractivity contribution in [1.29, 1.82) is 0 Å². The van der Waals surface area contributed by atoms with Gasteiger partial charge in [0.1, 0.15) is 5.92 Å². The van der Waals surface area contributed by atoms with Crippen LogP contribution in [0, 0.1) is 11.8 Å². The Morgan fingerprint density at radius 3 is 2.10 bits per heavy atom. The van der Waals surface area contributed by atoms with Gasteiger partial charge < -0.3 is 5.11 Å². The van der Waals surface area contributed by atoms with Crippen LogP contribution in [0.5, 0.6) is 0 Å². The molecule has 0 heterocycles. The Morgan fingerprint density at radius 1 is 1.00 bits per heavy atom. The summed E-state index contributed by atoms with van der Waals surface area (Å²) in [6.07, 6.45) is -0.899. The molecule has 0 radical (unpaired) electrons. The van der Waals surface area contributed by atoms with Crippen LogP contribution in [0.2, 0.25) is 0 Å². The molecule has 0 amide bonds. The van der Waals surface area contributed by atoms with Crippen molar-refractivity contribution < 1.29 is 18.3 Å². The second-order valence-corrected chi connectivity index (χ2v) is 4.96. The molecule has 0 saturated heterocycles. The molecular weight excluding hydrogens is 265 g/mol. The normalized spacial score (nSPS) is 16.1. The van der Waals surface area contributed by atoms with E-state index in [-0.39, 0.29) is 5.92 Å². The molecule has 0 spiro atoms. The molecule has 1 rings (SSSR count). The first-order chi connectivity index (χ1) is 9.30. The number of rotatable bonds is 5. The zero-order chi connectivity index (χ0) is 15.2. The van der Waals surface area contributed by atoms with Crippen LogP contribution < -0.4 is 0 Å². The lowest BCUT2D eigenvalue weighted by Crippen LogP contribution is -2.31. The summed E-state index contributed by atoms with van der Waals surface area (Å²) >= 11 is 0. The van der Waals surface area contributed by atoms with Crippen LogP contribution in [0.3, 0.4) is 0 Å². The molecule has 2 unspecified atom stereocenters. The maximum atomic E-state index is 12.9. The highest BCUT2D eigenvalue weighted by Crippen LogP contribution is 2.31. The number of halogens is 3. The molecule has 0 bridgehead atoms. The van der Waals surface area contributed by atoms with Crippen LogP contribution in [0.1, 0.15) is 19.4 Å². The second kappa shape index (κ2) is 7.29. The van der Waals surface area contributed by atoms with Crippen molar-refractivity contribution in [1.82, 2.24) is 0 Å². The highest BCUT2D eigenvalue weighted by molar-refractivity contribution is 5.49. The fraction of sp³-hybridized carbons (Fsp3) is 0.375. The lowest BCUT2D eigenvalue weighted by molar-refractivity contribution is -0.178. The number of aliphatic hydroxyl groups is 1. The minimum Gasteiger partial charge on any atom is -0.388 e. The Kier molecular flexibility index (Phi) is 6.02. The molecule has 20 heavy (non-hydrogen) atoms. The summed E-state index contributed by atoms with van der Waals surface area (Å²) in [6, 6.07) is 8.90. The summed E-state index contributed by atoms with van der Waals surface area (Å²) in [5.74, 6) is -1.88. The Bertz CT molecular complexity index is 447. The van der Waals surface area contributed by atoms with Crippen molar-refractivity contribution in [2.75, 3.05) is 0 Å². The summed E-state index contributed by atoms with van der Waals surface area (Å²) < 4.78 is 38.7. The lowest BCUT2D eigenvalue weighted by Gasteiger charge is -2.20. The van der Waals surface area contributed by atoms with Crippen molar-refractivity contribution in [3.63, 3.8) is 0 Å². The first-order valence-corrected chi connectivity index (χ1v) is 6.47. The zero-order valence-corrected chi connectivity index (χ0v) is 11.5. The number of allylic oxidation sites excluding steroid dienone is 1. The molecule has 0 saturated carbocycles. The van der Waals surface area contributed by atoms with Crippen LogP contribution in [-0.4, -0.2) is 17.4 Å². The largest absolute Gasteiger partial charge is 0.397 e. The van der Waals surface area contributed by atoms with E-state index in [1.165, 1.54) is 18.2 Å². The van der Waals surface area contributed by atoms with E-state index in [4.69, 9.17) is 0 Å². The maximum absolute atomic E-state index is 12.9. The molecule has 1 aromatic rings. The first kappa shape index (κ1) is 16.5. The molecule has 1 aromatic carbocycles. The van der Waals surface area contributed by atoms with Gasteiger partial charge in [-0.3, -0.25) is 0 Å². The van der Waals surface area contributed by atoms with Crippen LogP contribution in [-0.2, 0) is 0 Å². The molecule has 1 N–H and O–H groups in total. The quantitative estimate of drug-likeness (QED) is 0.792. The van der Waals surface area contributed by atoms with E-state index < -0.39 is 18.2 Å². The molecular formula is C16H19F3O. The monoisotopic (exact) mass is 284 g/mol. The van der Waals surface area contributed by atoms with Gasteiger partial charge in [-0.1, -0.05) is 68.5 Å². The van der Waals surface area contributed by atoms with Crippen molar-refractivity contribution in [3.05, 3.63) is 54.1 Å². The molecule has 0 aliphatic carbocycles. The van der Waals surface area contributed by atoms with Gasteiger partial charge in [-0.05, 0) is 11.5 Å². The summed E-state index contributed by atoms with van der Waals surface area (Å²) in [5, 5.41) is 9.76. The van der Waals surface area contributed by atoms with Crippen LogP contribution in [0.25, 0.3) is 6.08 Å². The Balaban J connectivity index is 2.83. The topological polar surface area (TPSA) is 20.2 Å². The minimum absolute atomic E-state index is 0.00477. The predicted molar refractivity (Wildman–Crippen MR) is 75.0 cm³/mol. The number of aliphatic hydroxyl groups excluding tert-OH is 1. The van der Waals surface area contributed by atoms with E-state index in [1.54, 1.807) is 38.1 Å². The van der Waals surface area contributed by atoms with Crippen molar-refractivity contribution in [2.24, 2.45) is 11.8 Å². The average molecular weight is 284 g/mol. The van der Waals surface area contributed by atoms with Gasteiger partial charge in [-0.25, -0.2) is 0 Å². The summed E-state index contributed by atoms with van der Waals surface area (Å²) in [6.45, 7) is 3.58. The van der Waals surface area contributed by atoms with Gasteiger partial charge in [0.2, 0.25) is 0 Å². The van der Waals surface area contributed by atoms with E-state index in [9.17, 15) is 18.3 Å². The van der Waals surface area contributed by atoms with E-state index in [0.29, 0.717) is 0 Å². The van der Waals surface area contributed by atoms with Gasteiger partial charge in [0, 0.05) is 0 Å². The first-order valence-electron chi connectivity index (χ1n) is 6.47. The number of alkyl halides is 3. The molecule has 1 nitrogen and oxygen atoms in total. The van der Waals surface area contributed by atoms with Gasteiger partial charge in [0.15, 0.2) is 0 Å². The van der Waals surface area contributed by atoms with E-state index in [0.717, 1.165) is 11.6 Å². The third-order valence-electron chi connectivity index (χ3n) is 2.73. The fourth-order valence-corrected chi connectivity index (χ4v) is 1.65. The third kappa shape index (κ3) is 5.61. The SMILES string of the molecule is CC(C)/C=C\C(C(O)/C=C/c1ccccc1)C(F)(F)F. The Morgan fingerprint density at radius 2 is 1.60 bits per heavy atom. The standard InChI is InChI=1S/C16H19F3O/c1-12(2)8-10-14(16(17,18)19)15(20)11-9-13-6-4-3-5-7-13/h3-12,14-15,20H,1-2H3/b10-8-,11-9+. The third-order valence-corrected chi connectivity index (χ3v) is 2.73. The molecule has 2 atom stereocenters. The van der Waals surface area contributed by atoms with Gasteiger partial charge in [0.05, 0.1) is 6.10 Å². The second-order valence-electron chi connectivity index (χ2n) is 4.96. The number of benzene rings is 1. The summed E-state index contributed by atoms with van der Waals surface area (Å²) in [4.78, 5) is 0. The van der Waals surface area contributed by atoms with E-state index in [2.05, 4.69) is 0 Å². The van der Waals surface area contributed by atoms with Gasteiger partial charge >= 0.3 is 6.18 Å². The Labute approximate surface area is 117 Å². The van der Waals surface area contributed by atoms with Crippen molar-refractivity contribution in [3.8, 4) is 0 Å². The smallest absolute Gasteiger partial charge is 0.388 e. The number of hydrogen-bond donors (Lipinski definition) is 1. The highest BCUT2D eigenvalue weighted by Gasteiger charge is 2.41. The predicted octanol–water partition coefficient (Wildman–Crippen LogP) is 4.45. The van der Waals surface area contributed by atoms with E-state index >= 15 is 0 Å². The fourth-order valence-electron chi connectivity index (χ4n) is 1.65. The minimum atomic E-state index is -4.47. The molecule has 0 aromatic heterocycles. The zero-order valence-electron chi connectivity index (χ0n) is 11.5. The van der Waals surface area contributed by atoms with Crippen LogP contribution in [0.15, 0.2) is 48.6 Å². The number of hydrogen-bond acceptors (Lipinski definition) is 1. The van der Waals surface area contributed by atoms with Crippen molar-refractivity contribution in [2.45, 2.75) is 26.1 Å². The maximum Gasteiger partial charge on any atom is 0.397 e. The van der Waals surface area contributed by atoms with Gasteiger partial charge in [0.25, 0.3) is 0 Å². The highest BCUT2D eigenvalue weighted by atomic mass is 19.4. The Hall–Kier alpha value is -1.55. The molecule has 110 valence electrons. The summed E-state index contributed by atoms with van der Waals surface area (Å²) in [5.41, 5.74) is 0.750. The van der Waals surface area contributed by atoms with Gasteiger partial charge in [-0.2, -0.15) is 13.2 Å². The molecule has 4 heteroatoms. The van der Waals surface area contributed by atoms with Gasteiger partial charge in [-0.15, -0.1) is 0 Å². The molecule has 0 fully saturated rings. The average Bonchev–Trinajstić information content (AvgIpc) is 2.35. The molecule has 0 aliphatic heterocycles. The lowest BCUT2D eigenvalue weighted by atomic mass is 9.98. The van der Waals surface area contributed by atoms with E-state index in [1.807, 2.05) is 6.07 Å². The molecule has 0 aliphatic rings. The summed E-state index contributed by atoms with van der Waals surface area (Å²) in [7, 11) is 0.